The lowest BCUT2D eigenvalue weighted by molar-refractivity contribution is 0.252. The highest BCUT2D eigenvalue weighted by molar-refractivity contribution is 5.89. The molecule has 0 atom stereocenters. The first-order chi connectivity index (χ1) is 8.24. The third kappa shape index (κ3) is 3.23. The fourth-order valence-electron chi connectivity index (χ4n) is 1.35. The third-order valence-corrected chi connectivity index (χ3v) is 2.15. The number of benzene rings is 1. The van der Waals surface area contributed by atoms with Gasteiger partial charge in [0.15, 0.2) is 0 Å². The molecule has 6 nitrogen and oxygen atoms in total. The summed E-state index contributed by atoms with van der Waals surface area (Å²) in [6.45, 7) is 0.421. The van der Waals surface area contributed by atoms with Gasteiger partial charge in [-0.2, -0.15) is 5.10 Å². The first-order valence-electron chi connectivity index (χ1n) is 5.12. The van der Waals surface area contributed by atoms with E-state index in [0.29, 0.717) is 17.9 Å². The number of aromatic nitrogens is 2. The van der Waals surface area contributed by atoms with Gasteiger partial charge in [0, 0.05) is 29.7 Å². The van der Waals surface area contributed by atoms with Crippen LogP contribution in [0.1, 0.15) is 5.56 Å². The number of hydrogen-bond acceptors (Lipinski definition) is 3. The Labute approximate surface area is 98.2 Å². The lowest BCUT2D eigenvalue weighted by Crippen LogP contribution is -2.28. The van der Waals surface area contributed by atoms with Crippen LogP contribution < -0.4 is 16.4 Å². The zero-order valence-electron chi connectivity index (χ0n) is 9.10. The van der Waals surface area contributed by atoms with E-state index in [2.05, 4.69) is 20.8 Å². The fourth-order valence-corrected chi connectivity index (χ4v) is 1.35. The van der Waals surface area contributed by atoms with E-state index in [9.17, 15) is 4.79 Å². The van der Waals surface area contributed by atoms with E-state index in [0.717, 1.165) is 5.56 Å². The molecular formula is C11H13N5O. The molecule has 17 heavy (non-hydrogen) atoms. The molecule has 0 fully saturated rings. The van der Waals surface area contributed by atoms with Crippen LogP contribution in [0, 0.1) is 0 Å². The van der Waals surface area contributed by atoms with E-state index >= 15 is 0 Å². The second-order valence-corrected chi connectivity index (χ2v) is 3.54. The molecule has 5 N–H and O–H groups in total. The average Bonchev–Trinajstić information content (AvgIpc) is 2.79. The summed E-state index contributed by atoms with van der Waals surface area (Å²) >= 11 is 0. The first kappa shape index (κ1) is 11.0. The quantitative estimate of drug-likeness (QED) is 0.600. The Morgan fingerprint density at radius 3 is 3.06 bits per heavy atom. The minimum Gasteiger partial charge on any atom is -0.399 e. The van der Waals surface area contributed by atoms with Crippen LogP contribution in [-0.4, -0.2) is 16.2 Å². The lowest BCUT2D eigenvalue weighted by Gasteiger charge is -2.06. The summed E-state index contributed by atoms with van der Waals surface area (Å²) in [6.07, 6.45) is 3.38. The van der Waals surface area contributed by atoms with Crippen LogP contribution in [0.2, 0.25) is 0 Å². The molecule has 88 valence electrons. The summed E-state index contributed by atoms with van der Waals surface area (Å²) in [5.41, 5.74) is 7.78. The normalized spacial score (nSPS) is 9.88. The van der Waals surface area contributed by atoms with Crippen molar-refractivity contribution in [1.29, 1.82) is 0 Å². The average molecular weight is 231 g/mol. The van der Waals surface area contributed by atoms with Crippen molar-refractivity contribution in [2.75, 3.05) is 11.1 Å². The molecule has 2 amide bonds. The Balaban J connectivity index is 1.85. The maximum Gasteiger partial charge on any atom is 0.319 e. The molecule has 0 aliphatic carbocycles. The second-order valence-electron chi connectivity index (χ2n) is 3.54. The highest BCUT2D eigenvalue weighted by Crippen LogP contribution is 2.11. The van der Waals surface area contributed by atoms with Gasteiger partial charge in [0.05, 0.1) is 6.20 Å². The predicted molar refractivity (Wildman–Crippen MR) is 65.3 cm³/mol. The maximum atomic E-state index is 11.5. The van der Waals surface area contributed by atoms with Crippen LogP contribution in [0.15, 0.2) is 36.7 Å². The molecule has 0 aliphatic heterocycles. The van der Waals surface area contributed by atoms with E-state index in [1.54, 1.807) is 36.7 Å². The van der Waals surface area contributed by atoms with Crippen LogP contribution in [-0.2, 0) is 6.54 Å². The minimum atomic E-state index is -0.281. The Kier molecular flexibility index (Phi) is 3.25. The van der Waals surface area contributed by atoms with Crippen LogP contribution in [0.3, 0.4) is 0 Å². The summed E-state index contributed by atoms with van der Waals surface area (Å²) < 4.78 is 0. The van der Waals surface area contributed by atoms with Crippen LogP contribution in [0.25, 0.3) is 0 Å². The zero-order chi connectivity index (χ0) is 12.1. The number of carbonyl (C=O) groups excluding carboxylic acids is 1. The van der Waals surface area contributed by atoms with Gasteiger partial charge in [-0.1, -0.05) is 6.07 Å². The maximum absolute atomic E-state index is 11.5. The summed E-state index contributed by atoms with van der Waals surface area (Å²) in [5, 5.41) is 11.8. The Morgan fingerprint density at radius 1 is 1.47 bits per heavy atom. The van der Waals surface area contributed by atoms with Gasteiger partial charge in [-0.05, 0) is 18.2 Å². The van der Waals surface area contributed by atoms with Gasteiger partial charge in [-0.3, -0.25) is 5.10 Å². The molecule has 0 saturated heterocycles. The number of H-pyrrole nitrogens is 1. The molecule has 0 spiro atoms. The number of carbonyl (C=O) groups is 1. The summed E-state index contributed by atoms with van der Waals surface area (Å²) in [7, 11) is 0. The number of nitrogens with two attached hydrogens (primary N) is 1. The first-order valence-corrected chi connectivity index (χ1v) is 5.12. The van der Waals surface area contributed by atoms with E-state index in [1.807, 2.05) is 0 Å². The fraction of sp³-hybridized carbons (Fsp3) is 0.0909. The molecule has 0 saturated carbocycles. The molecular weight excluding hydrogens is 218 g/mol. The number of amides is 2. The molecule has 1 aromatic heterocycles. The Morgan fingerprint density at radius 2 is 2.35 bits per heavy atom. The van der Waals surface area contributed by atoms with Crippen molar-refractivity contribution >= 4 is 17.4 Å². The summed E-state index contributed by atoms with van der Waals surface area (Å²) in [4.78, 5) is 11.5. The second kappa shape index (κ2) is 5.02. The van der Waals surface area contributed by atoms with E-state index in [4.69, 9.17) is 5.73 Å². The third-order valence-electron chi connectivity index (χ3n) is 2.15. The standard InChI is InChI=1S/C11H13N5O/c12-9-2-1-3-10(4-9)16-11(17)13-5-8-6-14-15-7-8/h1-4,6-7H,5,12H2,(H,14,15)(H2,13,16,17). The number of anilines is 2. The van der Waals surface area contributed by atoms with Gasteiger partial charge in [-0.25, -0.2) is 4.79 Å². The van der Waals surface area contributed by atoms with Crippen molar-refractivity contribution in [3.05, 3.63) is 42.2 Å². The topological polar surface area (TPSA) is 95.8 Å². The van der Waals surface area contributed by atoms with Crippen molar-refractivity contribution < 1.29 is 4.79 Å². The minimum absolute atomic E-state index is 0.281. The van der Waals surface area contributed by atoms with E-state index < -0.39 is 0 Å². The van der Waals surface area contributed by atoms with Gasteiger partial charge in [0.2, 0.25) is 0 Å². The number of rotatable bonds is 3. The van der Waals surface area contributed by atoms with Gasteiger partial charge in [0.1, 0.15) is 0 Å². The number of nitrogens with zero attached hydrogens (tertiary/aromatic N) is 1. The summed E-state index contributed by atoms with van der Waals surface area (Å²) in [6, 6.07) is 6.72. The molecule has 0 bridgehead atoms. The molecule has 1 aromatic carbocycles. The molecule has 1 heterocycles. The number of nitrogens with one attached hydrogen (secondary N) is 3. The molecule has 0 aliphatic rings. The summed E-state index contributed by atoms with van der Waals surface area (Å²) in [5.74, 6) is 0. The van der Waals surface area contributed by atoms with E-state index in [-0.39, 0.29) is 6.03 Å². The number of hydrogen-bond donors (Lipinski definition) is 4. The largest absolute Gasteiger partial charge is 0.399 e. The number of aromatic amines is 1. The highest BCUT2D eigenvalue weighted by atomic mass is 16.2. The lowest BCUT2D eigenvalue weighted by atomic mass is 10.3. The van der Waals surface area contributed by atoms with Crippen LogP contribution in [0.4, 0.5) is 16.2 Å². The predicted octanol–water partition coefficient (Wildman–Crippen LogP) is 1.31. The SMILES string of the molecule is Nc1cccc(NC(=O)NCc2cn[nH]c2)c1. The molecule has 2 aromatic rings. The number of nitrogen functional groups attached to an aromatic ring is 1. The van der Waals surface area contributed by atoms with Crippen molar-refractivity contribution in [1.82, 2.24) is 15.5 Å². The van der Waals surface area contributed by atoms with Crippen LogP contribution >= 0.6 is 0 Å². The molecule has 6 heteroatoms. The molecule has 0 unspecified atom stereocenters. The van der Waals surface area contributed by atoms with Gasteiger partial charge in [0.25, 0.3) is 0 Å². The number of urea groups is 1. The smallest absolute Gasteiger partial charge is 0.319 e. The van der Waals surface area contributed by atoms with E-state index in [1.165, 1.54) is 0 Å². The van der Waals surface area contributed by atoms with Gasteiger partial charge in [-0.15, -0.1) is 0 Å². The molecule has 2 rings (SSSR count). The zero-order valence-corrected chi connectivity index (χ0v) is 9.10. The molecule has 0 radical (unpaired) electrons. The monoisotopic (exact) mass is 231 g/mol. The Hall–Kier alpha value is -2.50. The highest BCUT2D eigenvalue weighted by Gasteiger charge is 2.02. The van der Waals surface area contributed by atoms with Crippen molar-refractivity contribution in [2.24, 2.45) is 0 Å². The van der Waals surface area contributed by atoms with Gasteiger partial charge < -0.3 is 16.4 Å². The Bertz CT molecular complexity index is 494. The van der Waals surface area contributed by atoms with Crippen molar-refractivity contribution in [2.45, 2.75) is 6.54 Å². The van der Waals surface area contributed by atoms with Crippen molar-refractivity contribution in [3.63, 3.8) is 0 Å². The van der Waals surface area contributed by atoms with Crippen LogP contribution in [0.5, 0.6) is 0 Å². The van der Waals surface area contributed by atoms with Crippen molar-refractivity contribution in [3.8, 4) is 0 Å². The van der Waals surface area contributed by atoms with Gasteiger partial charge >= 0.3 is 6.03 Å².